The van der Waals surface area contributed by atoms with Gasteiger partial charge in [0.2, 0.25) is 0 Å². The minimum atomic E-state index is 0.135. The van der Waals surface area contributed by atoms with E-state index in [9.17, 15) is 4.79 Å². The van der Waals surface area contributed by atoms with Gasteiger partial charge in [-0.1, -0.05) is 19.1 Å². The number of benzene rings is 1. The van der Waals surface area contributed by atoms with Crippen molar-refractivity contribution in [1.29, 1.82) is 0 Å². The largest absolute Gasteiger partial charge is 0.336 e. The second-order valence-corrected chi connectivity index (χ2v) is 7.00. The molecule has 2 N–H and O–H groups in total. The molecule has 2 unspecified atom stereocenters. The number of rotatable bonds is 6. The third kappa shape index (κ3) is 4.33. The summed E-state index contributed by atoms with van der Waals surface area (Å²) < 4.78 is 0. The molecule has 2 rings (SSSR count). The number of nitrogens with two attached hydrogens (primary N) is 1. The van der Waals surface area contributed by atoms with Crippen LogP contribution in [0.2, 0.25) is 0 Å². The van der Waals surface area contributed by atoms with E-state index in [-0.39, 0.29) is 11.9 Å². The molecule has 128 valence electrons. The molecule has 1 saturated heterocycles. The van der Waals surface area contributed by atoms with Gasteiger partial charge in [0.1, 0.15) is 0 Å². The van der Waals surface area contributed by atoms with Crippen LogP contribution in [0.3, 0.4) is 0 Å². The zero-order valence-corrected chi connectivity index (χ0v) is 15.0. The van der Waals surface area contributed by atoms with Gasteiger partial charge in [-0.3, -0.25) is 9.69 Å². The SMILES string of the molecule is CCN(Cc1ccc(C(=O)N2CC(CN)CC2C)cc1)C(C)C. The highest BCUT2D eigenvalue weighted by Gasteiger charge is 2.31. The highest BCUT2D eigenvalue weighted by molar-refractivity contribution is 5.94. The topological polar surface area (TPSA) is 49.6 Å². The first-order valence-corrected chi connectivity index (χ1v) is 8.80. The van der Waals surface area contributed by atoms with Crippen molar-refractivity contribution < 1.29 is 4.79 Å². The molecule has 1 aliphatic rings. The fourth-order valence-corrected chi connectivity index (χ4v) is 3.41. The van der Waals surface area contributed by atoms with Crippen LogP contribution in [0.1, 0.15) is 50.0 Å². The summed E-state index contributed by atoms with van der Waals surface area (Å²) in [5, 5.41) is 0. The van der Waals surface area contributed by atoms with Gasteiger partial charge >= 0.3 is 0 Å². The van der Waals surface area contributed by atoms with Crippen molar-refractivity contribution in [2.24, 2.45) is 11.7 Å². The zero-order valence-electron chi connectivity index (χ0n) is 15.0. The number of nitrogens with zero attached hydrogens (tertiary/aromatic N) is 2. The Kier molecular flexibility index (Phi) is 6.19. The van der Waals surface area contributed by atoms with E-state index in [1.807, 2.05) is 17.0 Å². The third-order valence-corrected chi connectivity index (χ3v) is 4.98. The standard InChI is InChI=1S/C19H31N3O/c1-5-21(14(2)3)12-16-6-8-18(9-7-16)19(23)22-13-17(11-20)10-15(22)4/h6-9,14-15,17H,5,10-13,20H2,1-4H3. The van der Waals surface area contributed by atoms with Crippen molar-refractivity contribution in [3.8, 4) is 0 Å². The van der Waals surface area contributed by atoms with E-state index < -0.39 is 0 Å². The molecule has 1 amide bonds. The lowest BCUT2D eigenvalue weighted by atomic mass is 10.1. The van der Waals surface area contributed by atoms with Crippen molar-refractivity contribution in [3.05, 3.63) is 35.4 Å². The summed E-state index contributed by atoms with van der Waals surface area (Å²) in [5.74, 6) is 0.577. The van der Waals surface area contributed by atoms with Crippen LogP contribution in [0.5, 0.6) is 0 Å². The van der Waals surface area contributed by atoms with Crippen LogP contribution in [0.15, 0.2) is 24.3 Å². The maximum atomic E-state index is 12.7. The molecule has 1 fully saturated rings. The fraction of sp³-hybridized carbons (Fsp3) is 0.632. The molecule has 1 aromatic rings. The van der Waals surface area contributed by atoms with Crippen LogP contribution in [-0.4, -0.2) is 47.4 Å². The first-order valence-electron chi connectivity index (χ1n) is 8.80. The van der Waals surface area contributed by atoms with Crippen molar-refractivity contribution in [1.82, 2.24) is 9.80 Å². The third-order valence-electron chi connectivity index (χ3n) is 4.98. The molecule has 0 aromatic heterocycles. The van der Waals surface area contributed by atoms with Crippen LogP contribution in [-0.2, 0) is 6.54 Å². The van der Waals surface area contributed by atoms with Crippen molar-refractivity contribution in [2.45, 2.75) is 52.7 Å². The summed E-state index contributed by atoms with van der Waals surface area (Å²) in [6.07, 6.45) is 1.01. The summed E-state index contributed by atoms with van der Waals surface area (Å²) in [5.41, 5.74) is 7.80. The van der Waals surface area contributed by atoms with Crippen LogP contribution in [0.4, 0.5) is 0 Å². The average molecular weight is 317 g/mol. The number of hydrogen-bond donors (Lipinski definition) is 1. The molecule has 4 heteroatoms. The van der Waals surface area contributed by atoms with Gasteiger partial charge in [-0.25, -0.2) is 0 Å². The molecule has 0 bridgehead atoms. The monoisotopic (exact) mass is 317 g/mol. The Hall–Kier alpha value is -1.39. The Morgan fingerprint density at radius 3 is 2.48 bits per heavy atom. The van der Waals surface area contributed by atoms with Gasteiger partial charge in [0.25, 0.3) is 5.91 Å². The molecule has 2 atom stereocenters. The Morgan fingerprint density at radius 2 is 2.00 bits per heavy atom. The van der Waals surface area contributed by atoms with E-state index in [1.165, 1.54) is 5.56 Å². The molecule has 1 aromatic carbocycles. The van der Waals surface area contributed by atoms with E-state index in [0.717, 1.165) is 31.6 Å². The molecule has 4 nitrogen and oxygen atoms in total. The molecule has 1 aliphatic heterocycles. The van der Waals surface area contributed by atoms with E-state index in [0.29, 0.717) is 18.5 Å². The number of hydrogen-bond acceptors (Lipinski definition) is 3. The first-order chi connectivity index (χ1) is 11.0. The number of amides is 1. The van der Waals surface area contributed by atoms with E-state index in [2.05, 4.69) is 44.7 Å². The molecule has 0 saturated carbocycles. The highest BCUT2D eigenvalue weighted by atomic mass is 16.2. The Bertz CT molecular complexity index is 512. The maximum absolute atomic E-state index is 12.7. The lowest BCUT2D eigenvalue weighted by Crippen LogP contribution is -2.34. The first kappa shape index (κ1) is 18.0. The molecular formula is C19H31N3O. The van der Waals surface area contributed by atoms with Crippen LogP contribution >= 0.6 is 0 Å². The van der Waals surface area contributed by atoms with Gasteiger partial charge in [0, 0.05) is 30.7 Å². The molecule has 23 heavy (non-hydrogen) atoms. The normalized spacial score (nSPS) is 21.4. The number of carbonyl (C=O) groups is 1. The summed E-state index contributed by atoms with van der Waals surface area (Å²) >= 11 is 0. The fourth-order valence-electron chi connectivity index (χ4n) is 3.41. The highest BCUT2D eigenvalue weighted by Crippen LogP contribution is 2.24. The van der Waals surface area contributed by atoms with Crippen LogP contribution in [0, 0.1) is 5.92 Å². The smallest absolute Gasteiger partial charge is 0.254 e. The predicted molar refractivity (Wildman–Crippen MR) is 95.3 cm³/mol. The van der Waals surface area contributed by atoms with Gasteiger partial charge in [0.05, 0.1) is 0 Å². The summed E-state index contributed by atoms with van der Waals surface area (Å²) in [6.45, 7) is 12.1. The van der Waals surface area contributed by atoms with Crippen molar-refractivity contribution in [2.75, 3.05) is 19.6 Å². The van der Waals surface area contributed by atoms with Gasteiger partial charge < -0.3 is 10.6 Å². The molecule has 0 aliphatic carbocycles. The Labute approximate surface area is 140 Å². The summed E-state index contributed by atoms with van der Waals surface area (Å²) in [4.78, 5) is 17.1. The Morgan fingerprint density at radius 1 is 1.35 bits per heavy atom. The molecule has 0 spiro atoms. The van der Waals surface area contributed by atoms with Gasteiger partial charge in [0.15, 0.2) is 0 Å². The predicted octanol–water partition coefficient (Wildman–Crippen LogP) is 2.73. The van der Waals surface area contributed by atoms with E-state index in [4.69, 9.17) is 5.73 Å². The van der Waals surface area contributed by atoms with Gasteiger partial charge in [-0.05, 0) is 63.9 Å². The maximum Gasteiger partial charge on any atom is 0.254 e. The molecular weight excluding hydrogens is 286 g/mol. The number of likely N-dealkylation sites (tertiary alicyclic amines) is 1. The van der Waals surface area contributed by atoms with Crippen molar-refractivity contribution >= 4 is 5.91 Å². The quantitative estimate of drug-likeness (QED) is 0.877. The van der Waals surface area contributed by atoms with E-state index in [1.54, 1.807) is 0 Å². The van der Waals surface area contributed by atoms with Gasteiger partial charge in [-0.15, -0.1) is 0 Å². The lowest BCUT2D eigenvalue weighted by Gasteiger charge is -2.25. The minimum absolute atomic E-state index is 0.135. The van der Waals surface area contributed by atoms with Crippen LogP contribution in [0.25, 0.3) is 0 Å². The number of carbonyl (C=O) groups excluding carboxylic acids is 1. The zero-order chi connectivity index (χ0) is 17.0. The summed E-state index contributed by atoms with van der Waals surface area (Å²) in [6, 6.07) is 8.91. The molecule has 1 heterocycles. The van der Waals surface area contributed by atoms with Crippen molar-refractivity contribution in [3.63, 3.8) is 0 Å². The summed E-state index contributed by atoms with van der Waals surface area (Å²) in [7, 11) is 0. The van der Waals surface area contributed by atoms with Crippen LogP contribution < -0.4 is 5.73 Å². The molecule has 0 radical (unpaired) electrons. The Balaban J connectivity index is 2.03. The second kappa shape index (κ2) is 7.93. The lowest BCUT2D eigenvalue weighted by molar-refractivity contribution is 0.0743. The van der Waals surface area contributed by atoms with Gasteiger partial charge in [-0.2, -0.15) is 0 Å². The second-order valence-electron chi connectivity index (χ2n) is 7.00. The average Bonchev–Trinajstić information content (AvgIpc) is 2.93. The minimum Gasteiger partial charge on any atom is -0.336 e. The van der Waals surface area contributed by atoms with E-state index >= 15 is 0 Å².